The number of anilines is 1. The van der Waals surface area contributed by atoms with Gasteiger partial charge >= 0.3 is 5.97 Å². The summed E-state index contributed by atoms with van der Waals surface area (Å²) in [4.78, 5) is 12.4. The standard InChI is InChI=1S/C14H18N2O3S/c1-3-19-13(17)10-8-14(9-10)15-11-6-4-5-7-12(11)20(2,18)16-14/h4-7,10,15H,3,8-9H2,1-2H3. The topological polar surface area (TPSA) is 67.8 Å². The van der Waals surface area contributed by atoms with Gasteiger partial charge in [-0.25, -0.2) is 8.57 Å². The minimum atomic E-state index is -2.41. The Hall–Kier alpha value is -1.56. The normalized spacial score (nSPS) is 34.4. The summed E-state index contributed by atoms with van der Waals surface area (Å²) in [5, 5.41) is 3.34. The molecule has 1 N–H and O–H groups in total. The van der Waals surface area contributed by atoms with Gasteiger partial charge in [-0.2, -0.15) is 0 Å². The summed E-state index contributed by atoms with van der Waals surface area (Å²) in [5.74, 6) is -0.330. The fourth-order valence-corrected chi connectivity index (χ4v) is 4.73. The van der Waals surface area contributed by atoms with E-state index in [0.29, 0.717) is 19.4 Å². The van der Waals surface area contributed by atoms with Gasteiger partial charge in [-0.1, -0.05) is 12.1 Å². The van der Waals surface area contributed by atoms with Gasteiger partial charge in [0.05, 0.1) is 32.8 Å². The molecule has 108 valence electrons. The van der Waals surface area contributed by atoms with Crippen LogP contribution >= 0.6 is 0 Å². The molecule has 1 atom stereocenters. The van der Waals surface area contributed by atoms with E-state index in [1.54, 1.807) is 13.2 Å². The van der Waals surface area contributed by atoms with E-state index in [9.17, 15) is 9.00 Å². The highest BCUT2D eigenvalue weighted by molar-refractivity contribution is 7.93. The third kappa shape index (κ3) is 2.08. The Morgan fingerprint density at radius 2 is 2.20 bits per heavy atom. The van der Waals surface area contributed by atoms with Crippen molar-refractivity contribution >= 4 is 21.4 Å². The number of hydrogen-bond donors (Lipinski definition) is 1. The molecule has 6 heteroatoms. The maximum Gasteiger partial charge on any atom is 0.309 e. The summed E-state index contributed by atoms with van der Waals surface area (Å²) < 4.78 is 22.2. The summed E-state index contributed by atoms with van der Waals surface area (Å²) in [7, 11) is -2.41. The summed E-state index contributed by atoms with van der Waals surface area (Å²) in [6.07, 6.45) is 2.75. The molecular formula is C14H18N2O3S. The predicted molar refractivity (Wildman–Crippen MR) is 76.9 cm³/mol. The second-order valence-electron chi connectivity index (χ2n) is 5.40. The van der Waals surface area contributed by atoms with Crippen molar-refractivity contribution in [2.24, 2.45) is 10.3 Å². The smallest absolute Gasteiger partial charge is 0.309 e. The molecule has 1 heterocycles. The minimum absolute atomic E-state index is 0.147. The molecule has 1 spiro atoms. The van der Waals surface area contributed by atoms with Crippen LogP contribution in [0.5, 0.6) is 0 Å². The van der Waals surface area contributed by atoms with E-state index in [2.05, 4.69) is 9.68 Å². The van der Waals surface area contributed by atoms with Gasteiger partial charge in [-0.05, 0) is 19.1 Å². The van der Waals surface area contributed by atoms with Crippen LogP contribution in [0.4, 0.5) is 5.69 Å². The predicted octanol–water partition coefficient (Wildman–Crippen LogP) is 2.24. The van der Waals surface area contributed by atoms with Crippen molar-refractivity contribution in [2.45, 2.75) is 30.3 Å². The second kappa shape index (κ2) is 4.48. The second-order valence-corrected chi connectivity index (χ2v) is 7.63. The monoisotopic (exact) mass is 294 g/mol. The molecule has 1 aromatic carbocycles. The van der Waals surface area contributed by atoms with Gasteiger partial charge in [0.15, 0.2) is 0 Å². The van der Waals surface area contributed by atoms with Gasteiger partial charge in [-0.3, -0.25) is 4.79 Å². The Balaban J connectivity index is 1.87. The molecule has 3 rings (SSSR count). The lowest BCUT2D eigenvalue weighted by Crippen LogP contribution is -2.53. The number of para-hydroxylation sites is 1. The average molecular weight is 294 g/mol. The molecule has 1 unspecified atom stereocenters. The number of carbonyl (C=O) groups is 1. The van der Waals surface area contributed by atoms with Crippen molar-refractivity contribution in [1.82, 2.24) is 0 Å². The van der Waals surface area contributed by atoms with Gasteiger partial charge in [0.25, 0.3) is 0 Å². The SMILES string of the molecule is CCOC(=O)C1CC2(C1)N=S(C)(=O)c1ccccc1N2. The molecule has 5 nitrogen and oxygen atoms in total. The van der Waals surface area contributed by atoms with Crippen LogP contribution in [0.2, 0.25) is 0 Å². The Bertz CT molecular complexity index is 671. The van der Waals surface area contributed by atoms with Gasteiger partial charge in [0.1, 0.15) is 5.66 Å². The number of hydrogen-bond acceptors (Lipinski definition) is 5. The Morgan fingerprint density at radius 3 is 2.90 bits per heavy atom. The lowest BCUT2D eigenvalue weighted by molar-refractivity contribution is -0.152. The van der Waals surface area contributed by atoms with E-state index >= 15 is 0 Å². The first kappa shape index (κ1) is 13.4. The molecule has 1 fully saturated rings. The van der Waals surface area contributed by atoms with Crippen LogP contribution in [-0.4, -0.2) is 28.7 Å². The van der Waals surface area contributed by atoms with Crippen molar-refractivity contribution < 1.29 is 13.7 Å². The minimum Gasteiger partial charge on any atom is -0.466 e. The summed E-state index contributed by atoms with van der Waals surface area (Å²) >= 11 is 0. The van der Waals surface area contributed by atoms with Crippen LogP contribution < -0.4 is 5.32 Å². The Labute approximate surface area is 118 Å². The molecule has 20 heavy (non-hydrogen) atoms. The number of rotatable bonds is 2. The lowest BCUT2D eigenvalue weighted by Gasteiger charge is -2.46. The quantitative estimate of drug-likeness (QED) is 0.849. The number of carbonyl (C=O) groups excluding carboxylic acids is 1. The van der Waals surface area contributed by atoms with Gasteiger partial charge in [-0.15, -0.1) is 0 Å². The molecule has 1 aromatic rings. The number of nitrogens with one attached hydrogen (secondary N) is 1. The molecule has 1 aliphatic carbocycles. The van der Waals surface area contributed by atoms with E-state index in [-0.39, 0.29) is 11.9 Å². The lowest BCUT2D eigenvalue weighted by atomic mass is 9.74. The van der Waals surface area contributed by atoms with Crippen molar-refractivity contribution in [3.8, 4) is 0 Å². The first-order chi connectivity index (χ1) is 9.46. The van der Waals surface area contributed by atoms with Crippen molar-refractivity contribution in [2.75, 3.05) is 18.2 Å². The van der Waals surface area contributed by atoms with Crippen LogP contribution in [-0.2, 0) is 19.3 Å². The largest absolute Gasteiger partial charge is 0.466 e. The average Bonchev–Trinajstić information content (AvgIpc) is 2.35. The summed E-state index contributed by atoms with van der Waals surface area (Å²) in [6.45, 7) is 2.19. The molecule has 0 radical (unpaired) electrons. The molecule has 0 amide bonds. The fraction of sp³-hybridized carbons (Fsp3) is 0.500. The molecular weight excluding hydrogens is 276 g/mol. The maximum absolute atomic E-state index is 12.7. The van der Waals surface area contributed by atoms with E-state index in [0.717, 1.165) is 10.6 Å². The van der Waals surface area contributed by atoms with Gasteiger partial charge < -0.3 is 10.1 Å². The van der Waals surface area contributed by atoms with Crippen LogP contribution in [0, 0.1) is 5.92 Å². The highest BCUT2D eigenvalue weighted by atomic mass is 32.2. The maximum atomic E-state index is 12.7. The number of esters is 1. The van der Waals surface area contributed by atoms with Gasteiger partial charge in [0.2, 0.25) is 0 Å². The van der Waals surface area contributed by atoms with Crippen LogP contribution in [0.15, 0.2) is 33.5 Å². The number of nitrogens with zero attached hydrogens (tertiary/aromatic N) is 1. The van der Waals surface area contributed by atoms with Crippen LogP contribution in [0.3, 0.4) is 0 Å². The summed E-state index contributed by atoms with van der Waals surface area (Å²) in [6, 6.07) is 7.51. The zero-order chi connectivity index (χ0) is 14.4. The fourth-order valence-electron chi connectivity index (χ4n) is 2.92. The van der Waals surface area contributed by atoms with Crippen molar-refractivity contribution in [3.63, 3.8) is 0 Å². The highest BCUT2D eigenvalue weighted by Gasteiger charge is 2.51. The Morgan fingerprint density at radius 1 is 1.50 bits per heavy atom. The first-order valence-electron chi connectivity index (χ1n) is 6.73. The van der Waals surface area contributed by atoms with E-state index in [4.69, 9.17) is 4.74 Å². The third-order valence-corrected chi connectivity index (χ3v) is 5.67. The zero-order valence-electron chi connectivity index (χ0n) is 11.6. The molecule has 0 aromatic heterocycles. The third-order valence-electron chi connectivity index (χ3n) is 3.80. The van der Waals surface area contributed by atoms with Crippen LogP contribution in [0.25, 0.3) is 0 Å². The summed E-state index contributed by atoms with van der Waals surface area (Å²) in [5.41, 5.74) is 0.287. The highest BCUT2D eigenvalue weighted by Crippen LogP contribution is 2.47. The molecule has 1 saturated carbocycles. The van der Waals surface area contributed by atoms with E-state index in [1.165, 1.54) is 0 Å². The molecule has 1 aliphatic heterocycles. The zero-order valence-corrected chi connectivity index (χ0v) is 12.4. The number of benzene rings is 1. The number of ether oxygens (including phenoxy) is 1. The van der Waals surface area contributed by atoms with E-state index < -0.39 is 15.4 Å². The molecule has 0 bridgehead atoms. The van der Waals surface area contributed by atoms with E-state index in [1.807, 2.05) is 24.3 Å². The van der Waals surface area contributed by atoms with Crippen LogP contribution in [0.1, 0.15) is 19.8 Å². The first-order valence-corrected chi connectivity index (χ1v) is 8.65. The van der Waals surface area contributed by atoms with Crippen molar-refractivity contribution in [3.05, 3.63) is 24.3 Å². The molecule has 2 aliphatic rings. The molecule has 0 saturated heterocycles. The van der Waals surface area contributed by atoms with Crippen molar-refractivity contribution in [1.29, 1.82) is 0 Å². The van der Waals surface area contributed by atoms with Gasteiger partial charge in [0, 0.05) is 19.1 Å². The Kier molecular flexibility index (Phi) is 3.01. The number of fused-ring (bicyclic) bond motifs is 1.